The van der Waals surface area contributed by atoms with Gasteiger partial charge in [0, 0.05) is 35.7 Å². The summed E-state index contributed by atoms with van der Waals surface area (Å²) >= 11 is 1.62. The normalized spacial score (nSPS) is 19.0. The predicted molar refractivity (Wildman–Crippen MR) is 132 cm³/mol. The lowest BCUT2D eigenvalue weighted by Gasteiger charge is -2.38. The first-order valence-electron chi connectivity index (χ1n) is 10.8. The van der Waals surface area contributed by atoms with Gasteiger partial charge in [-0.15, -0.1) is 11.3 Å². The maximum absolute atomic E-state index is 13.2. The molecule has 2 N–H and O–H groups in total. The van der Waals surface area contributed by atoms with E-state index in [0.717, 1.165) is 29.2 Å². The summed E-state index contributed by atoms with van der Waals surface area (Å²) in [6.07, 6.45) is 0. The molecule has 0 aliphatic carbocycles. The van der Waals surface area contributed by atoms with E-state index in [4.69, 9.17) is 4.74 Å². The van der Waals surface area contributed by atoms with Crippen LogP contribution >= 0.6 is 11.3 Å². The summed E-state index contributed by atoms with van der Waals surface area (Å²) in [5, 5.41) is 5.53. The Hall–Kier alpha value is -2.55. The molecular formula is C24H29N3O3S2. The molecule has 0 radical (unpaired) electrons. The Kier molecular flexibility index (Phi) is 6.74. The van der Waals surface area contributed by atoms with Gasteiger partial charge in [-0.05, 0) is 68.1 Å². The zero-order valence-corrected chi connectivity index (χ0v) is 20.2. The Balaban J connectivity index is 1.61. The minimum Gasteiger partial charge on any atom is -0.492 e. The molecule has 4 rings (SSSR count). The molecule has 6 nitrogen and oxygen atoms in total. The molecule has 1 aliphatic rings. The standard InChI is InChI=1S/C24H29N3O3S2/c1-4-30-23-12-9-20(27-15-17(2)25-18(3)16-27)14-22(23)26-32(28,29)21-10-7-19(8-11-21)24-6-5-13-31-24/h5-14,17-18,25-26H,4,15-16H2,1-3H3. The smallest absolute Gasteiger partial charge is 0.262 e. The van der Waals surface area contributed by atoms with E-state index in [-0.39, 0.29) is 4.90 Å². The SMILES string of the molecule is CCOc1ccc(N2CC(C)NC(C)C2)cc1NS(=O)(=O)c1ccc(-c2cccs2)cc1. The molecule has 2 atom stereocenters. The average molecular weight is 472 g/mol. The molecule has 8 heteroatoms. The molecule has 0 saturated carbocycles. The molecule has 1 fully saturated rings. The Morgan fingerprint density at radius 3 is 2.44 bits per heavy atom. The van der Waals surface area contributed by atoms with Gasteiger partial charge in [0.2, 0.25) is 0 Å². The van der Waals surface area contributed by atoms with Gasteiger partial charge in [0.1, 0.15) is 5.75 Å². The van der Waals surface area contributed by atoms with E-state index < -0.39 is 10.0 Å². The first-order chi connectivity index (χ1) is 15.4. The third kappa shape index (κ3) is 5.09. The molecule has 170 valence electrons. The number of hydrogen-bond acceptors (Lipinski definition) is 6. The molecule has 0 amide bonds. The number of sulfonamides is 1. The number of ether oxygens (including phenoxy) is 1. The fraction of sp³-hybridized carbons (Fsp3) is 0.333. The third-order valence-corrected chi connectivity index (χ3v) is 7.70. The van der Waals surface area contributed by atoms with Crippen LogP contribution in [-0.4, -0.2) is 40.2 Å². The molecule has 3 aromatic rings. The number of piperazine rings is 1. The lowest BCUT2D eigenvalue weighted by molar-refractivity contribution is 0.342. The minimum atomic E-state index is -3.77. The van der Waals surface area contributed by atoms with Crippen molar-refractivity contribution in [2.24, 2.45) is 0 Å². The zero-order chi connectivity index (χ0) is 22.7. The molecule has 0 spiro atoms. The molecule has 2 unspecified atom stereocenters. The minimum absolute atomic E-state index is 0.218. The molecule has 1 aromatic heterocycles. The monoisotopic (exact) mass is 471 g/mol. The lowest BCUT2D eigenvalue weighted by Crippen LogP contribution is -2.54. The van der Waals surface area contributed by atoms with Crippen molar-refractivity contribution in [1.82, 2.24) is 5.32 Å². The van der Waals surface area contributed by atoms with Crippen LogP contribution in [0.1, 0.15) is 20.8 Å². The van der Waals surface area contributed by atoms with Crippen molar-refractivity contribution >= 4 is 32.7 Å². The maximum atomic E-state index is 13.2. The van der Waals surface area contributed by atoms with Crippen molar-refractivity contribution in [3.8, 4) is 16.2 Å². The highest BCUT2D eigenvalue weighted by Crippen LogP contribution is 2.33. The molecule has 2 heterocycles. The van der Waals surface area contributed by atoms with E-state index in [9.17, 15) is 8.42 Å². The quantitative estimate of drug-likeness (QED) is 0.518. The van der Waals surface area contributed by atoms with Crippen LogP contribution in [0.5, 0.6) is 5.75 Å². The second-order valence-corrected chi connectivity index (χ2v) is 10.7. The predicted octanol–water partition coefficient (Wildman–Crippen LogP) is 4.80. The summed E-state index contributed by atoms with van der Waals surface area (Å²) in [4.78, 5) is 3.60. The third-order valence-electron chi connectivity index (χ3n) is 5.40. The summed E-state index contributed by atoms with van der Waals surface area (Å²) in [5.41, 5.74) is 2.42. The van der Waals surface area contributed by atoms with Crippen LogP contribution in [-0.2, 0) is 10.0 Å². The molecule has 1 aliphatic heterocycles. The molecule has 0 bridgehead atoms. The lowest BCUT2D eigenvalue weighted by atomic mass is 10.1. The van der Waals surface area contributed by atoms with Crippen LogP contribution in [0.15, 0.2) is 64.9 Å². The highest BCUT2D eigenvalue weighted by atomic mass is 32.2. The fourth-order valence-electron chi connectivity index (χ4n) is 4.06. The van der Waals surface area contributed by atoms with E-state index in [1.165, 1.54) is 0 Å². The van der Waals surface area contributed by atoms with Crippen LogP contribution in [0.3, 0.4) is 0 Å². The van der Waals surface area contributed by atoms with E-state index in [2.05, 4.69) is 28.8 Å². The highest BCUT2D eigenvalue weighted by Gasteiger charge is 2.23. The first kappa shape index (κ1) is 22.6. The second-order valence-electron chi connectivity index (χ2n) is 8.09. The van der Waals surface area contributed by atoms with Crippen molar-refractivity contribution in [2.45, 2.75) is 37.8 Å². The summed E-state index contributed by atoms with van der Waals surface area (Å²) in [6.45, 7) is 8.35. The van der Waals surface area contributed by atoms with Gasteiger partial charge in [-0.2, -0.15) is 0 Å². The zero-order valence-electron chi connectivity index (χ0n) is 18.5. The number of anilines is 2. The van der Waals surface area contributed by atoms with E-state index in [1.807, 2.05) is 54.8 Å². The summed E-state index contributed by atoms with van der Waals surface area (Å²) in [7, 11) is -3.77. The fourth-order valence-corrected chi connectivity index (χ4v) is 5.85. The second kappa shape index (κ2) is 9.52. The summed E-state index contributed by atoms with van der Waals surface area (Å²) < 4.78 is 34.8. The van der Waals surface area contributed by atoms with Crippen molar-refractivity contribution in [1.29, 1.82) is 0 Å². The van der Waals surface area contributed by atoms with Crippen LogP contribution in [0.25, 0.3) is 10.4 Å². The van der Waals surface area contributed by atoms with Crippen LogP contribution in [0.4, 0.5) is 11.4 Å². The van der Waals surface area contributed by atoms with Crippen molar-refractivity contribution < 1.29 is 13.2 Å². The Labute approximate surface area is 194 Å². The first-order valence-corrected chi connectivity index (χ1v) is 13.2. The van der Waals surface area contributed by atoms with Crippen molar-refractivity contribution in [3.05, 3.63) is 60.0 Å². The number of nitrogens with one attached hydrogen (secondary N) is 2. The van der Waals surface area contributed by atoms with Crippen LogP contribution < -0.4 is 19.7 Å². The van der Waals surface area contributed by atoms with Crippen molar-refractivity contribution in [2.75, 3.05) is 29.3 Å². The van der Waals surface area contributed by atoms with Gasteiger partial charge in [-0.25, -0.2) is 8.42 Å². The van der Waals surface area contributed by atoms with Gasteiger partial charge < -0.3 is 15.0 Å². The number of hydrogen-bond donors (Lipinski definition) is 2. The van der Waals surface area contributed by atoms with Gasteiger partial charge in [0.15, 0.2) is 0 Å². The summed E-state index contributed by atoms with van der Waals surface area (Å²) in [6, 6.07) is 17.4. The molecule has 2 aromatic carbocycles. The van der Waals surface area contributed by atoms with Crippen LogP contribution in [0.2, 0.25) is 0 Å². The van der Waals surface area contributed by atoms with Gasteiger partial charge in [0.05, 0.1) is 17.2 Å². The highest BCUT2D eigenvalue weighted by molar-refractivity contribution is 7.92. The van der Waals surface area contributed by atoms with E-state index in [0.29, 0.717) is 30.1 Å². The van der Waals surface area contributed by atoms with Gasteiger partial charge in [-0.3, -0.25) is 4.72 Å². The van der Waals surface area contributed by atoms with E-state index >= 15 is 0 Å². The number of thiophene rings is 1. The van der Waals surface area contributed by atoms with Gasteiger partial charge in [0.25, 0.3) is 10.0 Å². The van der Waals surface area contributed by atoms with Gasteiger partial charge in [-0.1, -0.05) is 18.2 Å². The average Bonchev–Trinajstić information content (AvgIpc) is 3.29. The number of benzene rings is 2. The maximum Gasteiger partial charge on any atom is 0.262 e. The molecule has 32 heavy (non-hydrogen) atoms. The summed E-state index contributed by atoms with van der Waals surface area (Å²) in [5.74, 6) is 0.520. The number of rotatable bonds is 7. The number of nitrogens with zero attached hydrogens (tertiary/aromatic N) is 1. The Bertz CT molecular complexity index is 1140. The molecular weight excluding hydrogens is 442 g/mol. The Morgan fingerprint density at radius 1 is 1.09 bits per heavy atom. The largest absolute Gasteiger partial charge is 0.492 e. The molecule has 1 saturated heterocycles. The van der Waals surface area contributed by atoms with E-state index in [1.54, 1.807) is 23.5 Å². The Morgan fingerprint density at radius 2 is 1.81 bits per heavy atom. The topological polar surface area (TPSA) is 70.7 Å². The van der Waals surface area contributed by atoms with Gasteiger partial charge >= 0.3 is 0 Å². The van der Waals surface area contributed by atoms with Crippen LogP contribution in [0, 0.1) is 0 Å². The van der Waals surface area contributed by atoms with Crippen molar-refractivity contribution in [3.63, 3.8) is 0 Å².